The molecule has 3 aliphatic carbocycles. The highest BCUT2D eigenvalue weighted by molar-refractivity contribution is 14.1. The molecule has 8 unspecified atom stereocenters. The van der Waals surface area contributed by atoms with Crippen molar-refractivity contribution in [1.29, 1.82) is 0 Å². The van der Waals surface area contributed by atoms with Gasteiger partial charge in [-0.3, -0.25) is 9.59 Å². The van der Waals surface area contributed by atoms with Crippen molar-refractivity contribution in [2.24, 2.45) is 34.5 Å². The van der Waals surface area contributed by atoms with Gasteiger partial charge in [0.05, 0.1) is 9.84 Å². The molecule has 1 heterocycles. The molecule has 3 saturated carbocycles. The number of fused-ring (bicyclic) bond motifs is 5. The number of hydrogen-bond acceptors (Lipinski definition) is 2. The van der Waals surface area contributed by atoms with Crippen LogP contribution >= 0.6 is 22.6 Å². The summed E-state index contributed by atoms with van der Waals surface area (Å²) in [5, 5.41) is 13.0. The van der Waals surface area contributed by atoms with Crippen molar-refractivity contribution in [3.05, 3.63) is 0 Å². The van der Waals surface area contributed by atoms with E-state index in [1.165, 1.54) is 0 Å². The molecule has 0 aromatic heterocycles. The zero-order valence-corrected chi connectivity index (χ0v) is 16.7. The van der Waals surface area contributed by atoms with Crippen molar-refractivity contribution >= 4 is 34.5 Å². The third-order valence-corrected chi connectivity index (χ3v) is 9.39. The average Bonchev–Trinajstić information content (AvgIpc) is 2.86. The van der Waals surface area contributed by atoms with Gasteiger partial charge in [0.15, 0.2) is 0 Å². The fraction of sp³-hybridized carbons (Fsp3) is 0.895. The number of carbonyl (C=O) groups is 2. The molecule has 0 aromatic carbocycles. The van der Waals surface area contributed by atoms with E-state index in [-0.39, 0.29) is 26.6 Å². The fourth-order valence-electron chi connectivity index (χ4n) is 7.13. The topological polar surface area (TPSA) is 66.4 Å². The Labute approximate surface area is 157 Å². The minimum Gasteiger partial charge on any atom is -0.481 e. The van der Waals surface area contributed by atoms with Crippen LogP contribution in [0, 0.1) is 34.5 Å². The normalized spacial score (nSPS) is 53.5. The van der Waals surface area contributed by atoms with E-state index < -0.39 is 5.97 Å². The lowest BCUT2D eigenvalue weighted by Crippen LogP contribution is -2.63. The molecule has 0 radical (unpaired) electrons. The minimum absolute atomic E-state index is 0.0160. The van der Waals surface area contributed by atoms with Crippen LogP contribution < -0.4 is 5.32 Å². The van der Waals surface area contributed by atoms with Crippen molar-refractivity contribution in [2.75, 3.05) is 0 Å². The van der Waals surface area contributed by atoms with Crippen molar-refractivity contribution in [3.63, 3.8) is 0 Å². The lowest BCUT2D eigenvalue weighted by molar-refractivity contribution is -0.152. The van der Waals surface area contributed by atoms with E-state index in [2.05, 4.69) is 41.8 Å². The van der Waals surface area contributed by atoms with Gasteiger partial charge in [-0.25, -0.2) is 0 Å². The highest BCUT2D eigenvalue weighted by Crippen LogP contribution is 2.65. The quantitative estimate of drug-likeness (QED) is 0.479. The summed E-state index contributed by atoms with van der Waals surface area (Å²) in [7, 11) is 0. The van der Waals surface area contributed by atoms with Crippen LogP contribution in [0.5, 0.6) is 0 Å². The third-order valence-electron chi connectivity index (χ3n) is 8.39. The molecule has 1 saturated heterocycles. The lowest BCUT2D eigenvalue weighted by atomic mass is 9.47. The summed E-state index contributed by atoms with van der Waals surface area (Å²) < 4.78 is 0.0752. The number of carbonyl (C=O) groups excluding carboxylic acids is 1. The smallest absolute Gasteiger partial charge is 0.307 e. The summed E-state index contributed by atoms with van der Waals surface area (Å²) in [6.45, 7) is 4.64. The molecule has 0 bridgehead atoms. The molecule has 2 N–H and O–H groups in total. The second-order valence-corrected chi connectivity index (χ2v) is 10.7. The van der Waals surface area contributed by atoms with Crippen molar-refractivity contribution in [1.82, 2.24) is 5.32 Å². The van der Waals surface area contributed by atoms with Crippen LogP contribution in [0.4, 0.5) is 0 Å². The van der Waals surface area contributed by atoms with Gasteiger partial charge >= 0.3 is 5.97 Å². The van der Waals surface area contributed by atoms with Crippen LogP contribution in [0.25, 0.3) is 0 Å². The summed E-state index contributed by atoms with van der Waals surface area (Å²) in [6, 6.07) is 0.318. The number of carboxylic acids is 1. The van der Waals surface area contributed by atoms with E-state index in [4.69, 9.17) is 0 Å². The first-order chi connectivity index (χ1) is 11.3. The van der Waals surface area contributed by atoms with Crippen LogP contribution in [0.1, 0.15) is 58.8 Å². The van der Waals surface area contributed by atoms with Gasteiger partial charge in [0, 0.05) is 6.04 Å². The fourth-order valence-corrected chi connectivity index (χ4v) is 8.26. The zero-order chi connectivity index (χ0) is 17.3. The molecule has 8 atom stereocenters. The Kier molecular flexibility index (Phi) is 3.98. The summed E-state index contributed by atoms with van der Waals surface area (Å²) in [5.74, 6) is 1.31. The molecule has 0 aromatic rings. The molecule has 134 valence electrons. The van der Waals surface area contributed by atoms with E-state index in [9.17, 15) is 14.7 Å². The Morgan fingerprint density at radius 1 is 1.12 bits per heavy atom. The summed E-state index contributed by atoms with van der Waals surface area (Å²) in [6.07, 6.45) is 7.31. The maximum atomic E-state index is 12.1. The monoisotopic (exact) mass is 445 g/mol. The number of piperidine rings is 1. The Balaban J connectivity index is 1.64. The van der Waals surface area contributed by atoms with Gasteiger partial charge in [-0.1, -0.05) is 36.4 Å². The molecule has 4 rings (SSSR count). The predicted octanol–water partition coefficient (Wildman–Crippen LogP) is 3.62. The van der Waals surface area contributed by atoms with Gasteiger partial charge in [0.25, 0.3) is 0 Å². The second-order valence-electron chi connectivity index (χ2n) is 9.21. The van der Waals surface area contributed by atoms with Crippen molar-refractivity contribution < 1.29 is 14.7 Å². The number of rotatable bonds is 1. The van der Waals surface area contributed by atoms with Gasteiger partial charge in [-0.15, -0.1) is 0 Å². The Morgan fingerprint density at radius 3 is 2.54 bits per heavy atom. The molecule has 5 heteroatoms. The maximum Gasteiger partial charge on any atom is 0.307 e. The SMILES string of the molecule is CC12CC(I)C(=O)NC1CCC1C2CCC2(C)C(C(=O)O)CCC12. The predicted molar refractivity (Wildman–Crippen MR) is 99.9 cm³/mol. The van der Waals surface area contributed by atoms with Gasteiger partial charge in [-0.05, 0) is 73.5 Å². The Bertz CT molecular complexity index is 581. The van der Waals surface area contributed by atoms with Gasteiger partial charge in [-0.2, -0.15) is 0 Å². The molecule has 1 amide bonds. The van der Waals surface area contributed by atoms with Gasteiger partial charge in [0.1, 0.15) is 0 Å². The zero-order valence-electron chi connectivity index (χ0n) is 14.6. The molecular formula is C19H28INO3. The molecule has 1 aliphatic heterocycles. The number of nitrogens with one attached hydrogen (secondary N) is 1. The van der Waals surface area contributed by atoms with E-state index >= 15 is 0 Å². The first-order valence-corrected chi connectivity index (χ1v) is 10.7. The number of alkyl halides is 1. The van der Waals surface area contributed by atoms with Crippen LogP contribution in [-0.4, -0.2) is 26.9 Å². The Hall–Kier alpha value is -0.330. The van der Waals surface area contributed by atoms with Crippen LogP contribution in [0.2, 0.25) is 0 Å². The Morgan fingerprint density at radius 2 is 1.83 bits per heavy atom. The van der Waals surface area contributed by atoms with Gasteiger partial charge < -0.3 is 10.4 Å². The largest absolute Gasteiger partial charge is 0.481 e. The number of aliphatic carboxylic acids is 1. The first kappa shape index (κ1) is 17.1. The number of amides is 1. The highest BCUT2D eigenvalue weighted by Gasteiger charge is 2.62. The van der Waals surface area contributed by atoms with Crippen molar-refractivity contribution in [2.45, 2.75) is 68.8 Å². The highest BCUT2D eigenvalue weighted by atomic mass is 127. The van der Waals surface area contributed by atoms with E-state index in [1.54, 1.807) is 0 Å². The molecule has 0 spiro atoms. The van der Waals surface area contributed by atoms with E-state index in [0.29, 0.717) is 23.8 Å². The number of halogens is 1. The van der Waals surface area contributed by atoms with E-state index in [0.717, 1.165) is 44.9 Å². The molecular weight excluding hydrogens is 417 g/mol. The standard InChI is InChI=1S/C19H28INO3/c1-18-8-7-12-10(11(18)4-5-13(18)17(23)24)3-6-15-19(12,2)9-14(20)16(22)21-15/h10-15H,3-9H2,1-2H3,(H,21,22)(H,23,24). The second kappa shape index (κ2) is 5.58. The average molecular weight is 445 g/mol. The van der Waals surface area contributed by atoms with E-state index in [1.807, 2.05) is 0 Å². The number of carboxylic acid groups (broad SMARTS) is 1. The molecule has 24 heavy (non-hydrogen) atoms. The first-order valence-electron chi connectivity index (χ1n) is 9.44. The van der Waals surface area contributed by atoms with Gasteiger partial charge in [0.2, 0.25) is 5.91 Å². The van der Waals surface area contributed by atoms with Crippen LogP contribution in [0.15, 0.2) is 0 Å². The molecule has 4 aliphatic rings. The van der Waals surface area contributed by atoms with Crippen molar-refractivity contribution in [3.8, 4) is 0 Å². The molecule has 4 fully saturated rings. The van der Waals surface area contributed by atoms with Crippen LogP contribution in [0.3, 0.4) is 0 Å². The lowest BCUT2D eigenvalue weighted by Gasteiger charge is -2.60. The third kappa shape index (κ3) is 2.21. The maximum absolute atomic E-state index is 12.1. The summed E-state index contributed by atoms with van der Waals surface area (Å²) >= 11 is 2.30. The number of hydrogen-bond donors (Lipinski definition) is 2. The molecule has 4 nitrogen and oxygen atoms in total. The summed E-state index contributed by atoms with van der Waals surface area (Å²) in [5.41, 5.74) is 0.170. The van der Waals surface area contributed by atoms with Crippen LogP contribution in [-0.2, 0) is 9.59 Å². The summed E-state index contributed by atoms with van der Waals surface area (Å²) in [4.78, 5) is 23.9. The minimum atomic E-state index is -0.587.